The maximum Gasteiger partial charge on any atom is 0.317 e. The molecule has 0 aliphatic carbocycles. The van der Waals surface area contributed by atoms with Gasteiger partial charge in [-0.15, -0.1) is 11.3 Å². The van der Waals surface area contributed by atoms with E-state index in [0.717, 1.165) is 17.8 Å². The van der Waals surface area contributed by atoms with Crippen LogP contribution in [0.25, 0.3) is 0 Å². The van der Waals surface area contributed by atoms with Gasteiger partial charge in [0.15, 0.2) is 0 Å². The summed E-state index contributed by atoms with van der Waals surface area (Å²) in [6.45, 7) is 1.70. The van der Waals surface area contributed by atoms with Crippen molar-refractivity contribution in [2.75, 3.05) is 13.1 Å². The highest BCUT2D eigenvalue weighted by Crippen LogP contribution is 2.20. The number of nitrogens with one attached hydrogen (secondary N) is 1. The van der Waals surface area contributed by atoms with Gasteiger partial charge >= 0.3 is 12.0 Å². The Morgan fingerprint density at radius 2 is 2.21 bits per heavy atom. The molecule has 104 valence electrons. The molecule has 1 aliphatic heterocycles. The first kappa shape index (κ1) is 13.8. The number of amides is 2. The van der Waals surface area contributed by atoms with Crippen LogP contribution in [0.5, 0.6) is 0 Å². The maximum atomic E-state index is 11.9. The monoisotopic (exact) mass is 283 g/mol. The van der Waals surface area contributed by atoms with Crippen LogP contribution in [0, 0.1) is 5.92 Å². The molecule has 1 aromatic rings. The summed E-state index contributed by atoms with van der Waals surface area (Å²) in [5.41, 5.74) is 0. The van der Waals surface area contributed by atoms with Crippen molar-refractivity contribution in [1.29, 1.82) is 0 Å². The van der Waals surface area contributed by atoms with E-state index in [1.54, 1.807) is 11.1 Å². The van der Waals surface area contributed by atoms with Crippen molar-refractivity contribution >= 4 is 23.3 Å². The molecule has 2 heterocycles. The van der Waals surface area contributed by atoms with Gasteiger partial charge in [-0.1, -0.05) is 0 Å². The number of aromatic nitrogens is 1. The third kappa shape index (κ3) is 4.20. The third-order valence-corrected chi connectivity index (χ3v) is 4.02. The molecule has 1 fully saturated rings. The van der Waals surface area contributed by atoms with E-state index in [0.29, 0.717) is 19.6 Å². The van der Waals surface area contributed by atoms with E-state index < -0.39 is 5.97 Å². The fourth-order valence-electron chi connectivity index (χ4n) is 2.19. The number of carbonyl (C=O) groups is 2. The second kappa shape index (κ2) is 6.51. The molecule has 2 N–H and O–H groups in total. The lowest BCUT2D eigenvalue weighted by atomic mass is 9.94. The van der Waals surface area contributed by atoms with Crippen LogP contribution in [0.4, 0.5) is 4.79 Å². The van der Waals surface area contributed by atoms with E-state index in [9.17, 15) is 9.59 Å². The number of urea groups is 1. The van der Waals surface area contributed by atoms with Crippen LogP contribution in [0.3, 0.4) is 0 Å². The maximum absolute atomic E-state index is 11.9. The molecule has 2 amide bonds. The van der Waals surface area contributed by atoms with Gasteiger partial charge in [-0.25, -0.2) is 9.78 Å². The average Bonchev–Trinajstić information content (AvgIpc) is 2.89. The molecule has 0 radical (unpaired) electrons. The molecule has 1 saturated heterocycles. The zero-order valence-corrected chi connectivity index (χ0v) is 11.4. The van der Waals surface area contributed by atoms with Crippen LogP contribution in [0.2, 0.25) is 0 Å². The van der Waals surface area contributed by atoms with Crippen molar-refractivity contribution in [1.82, 2.24) is 15.2 Å². The normalized spacial score (nSPS) is 16.3. The van der Waals surface area contributed by atoms with Gasteiger partial charge < -0.3 is 15.3 Å². The predicted molar refractivity (Wildman–Crippen MR) is 70.9 cm³/mol. The lowest BCUT2D eigenvalue weighted by Gasteiger charge is -2.31. The van der Waals surface area contributed by atoms with Crippen LogP contribution in [0.15, 0.2) is 11.6 Å². The predicted octanol–water partition coefficient (Wildman–Crippen LogP) is 1.54. The van der Waals surface area contributed by atoms with Crippen molar-refractivity contribution in [3.8, 4) is 0 Å². The highest BCUT2D eigenvalue weighted by Gasteiger charge is 2.24. The van der Waals surface area contributed by atoms with E-state index >= 15 is 0 Å². The van der Waals surface area contributed by atoms with E-state index in [2.05, 4.69) is 10.3 Å². The first-order valence-electron chi connectivity index (χ1n) is 6.28. The van der Waals surface area contributed by atoms with Gasteiger partial charge in [-0.05, 0) is 18.8 Å². The fourth-order valence-corrected chi connectivity index (χ4v) is 2.75. The van der Waals surface area contributed by atoms with Crippen LogP contribution in [0.1, 0.15) is 24.3 Å². The molecular weight excluding hydrogens is 266 g/mol. The molecule has 6 nitrogen and oxygen atoms in total. The number of carboxylic acid groups (broad SMARTS) is 1. The Labute approximate surface area is 115 Å². The molecular formula is C12H17N3O3S. The zero-order valence-electron chi connectivity index (χ0n) is 10.5. The molecule has 0 saturated carbocycles. The lowest BCUT2D eigenvalue weighted by molar-refractivity contribution is -0.138. The minimum absolute atomic E-state index is 0.0935. The number of carbonyl (C=O) groups excluding carboxylic acids is 1. The molecule has 0 bridgehead atoms. The molecule has 0 spiro atoms. The number of piperidine rings is 1. The standard InChI is InChI=1S/C12H17N3O3S/c16-11(17)7-9-1-4-15(5-2-9)12(18)14-8-10-13-3-6-19-10/h3,6,9H,1-2,4-5,7-8H2,(H,14,18)(H,16,17). The van der Waals surface area contributed by atoms with E-state index in [1.165, 1.54) is 11.3 Å². The van der Waals surface area contributed by atoms with E-state index in [4.69, 9.17) is 5.11 Å². The van der Waals surface area contributed by atoms with Crippen molar-refractivity contribution in [3.05, 3.63) is 16.6 Å². The second-order valence-corrected chi connectivity index (χ2v) is 5.59. The summed E-state index contributed by atoms with van der Waals surface area (Å²) in [4.78, 5) is 28.4. The Kier molecular flexibility index (Phi) is 4.73. The van der Waals surface area contributed by atoms with E-state index in [1.807, 2.05) is 5.38 Å². The van der Waals surface area contributed by atoms with Crippen LogP contribution in [-0.2, 0) is 11.3 Å². The summed E-state index contributed by atoms with van der Waals surface area (Å²) in [5, 5.41) is 14.3. The fraction of sp³-hybridized carbons (Fsp3) is 0.583. The zero-order chi connectivity index (χ0) is 13.7. The number of thiazole rings is 1. The van der Waals surface area contributed by atoms with Crippen molar-refractivity contribution in [2.45, 2.75) is 25.8 Å². The van der Waals surface area contributed by atoms with Crippen molar-refractivity contribution in [2.24, 2.45) is 5.92 Å². The smallest absolute Gasteiger partial charge is 0.317 e. The van der Waals surface area contributed by atoms with Crippen LogP contribution in [-0.4, -0.2) is 40.1 Å². The summed E-state index contributed by atoms with van der Waals surface area (Å²) >= 11 is 1.51. The van der Waals surface area contributed by atoms with Crippen LogP contribution >= 0.6 is 11.3 Å². The van der Waals surface area contributed by atoms with E-state index in [-0.39, 0.29) is 18.4 Å². The highest BCUT2D eigenvalue weighted by atomic mass is 32.1. The molecule has 0 aromatic carbocycles. The van der Waals surface area contributed by atoms with Crippen molar-refractivity contribution in [3.63, 3.8) is 0 Å². The summed E-state index contributed by atoms with van der Waals surface area (Å²) in [7, 11) is 0. The van der Waals surface area contributed by atoms with Gasteiger partial charge in [0.2, 0.25) is 0 Å². The Morgan fingerprint density at radius 1 is 1.47 bits per heavy atom. The summed E-state index contributed by atoms with van der Waals surface area (Å²) < 4.78 is 0. The quantitative estimate of drug-likeness (QED) is 0.878. The SMILES string of the molecule is O=C(O)CC1CCN(C(=O)NCc2nccs2)CC1. The third-order valence-electron chi connectivity index (χ3n) is 3.24. The van der Waals surface area contributed by atoms with Gasteiger partial charge in [-0.3, -0.25) is 4.79 Å². The summed E-state index contributed by atoms with van der Waals surface area (Å²) in [6, 6.07) is -0.0935. The number of likely N-dealkylation sites (tertiary alicyclic amines) is 1. The minimum Gasteiger partial charge on any atom is -0.481 e. The lowest BCUT2D eigenvalue weighted by Crippen LogP contribution is -2.44. The highest BCUT2D eigenvalue weighted by molar-refractivity contribution is 7.09. The summed E-state index contributed by atoms with van der Waals surface area (Å²) in [5.74, 6) is -0.563. The number of nitrogens with zero attached hydrogens (tertiary/aromatic N) is 2. The van der Waals surface area contributed by atoms with Gasteiger partial charge in [0.25, 0.3) is 0 Å². The molecule has 1 aromatic heterocycles. The Bertz CT molecular complexity index is 427. The summed E-state index contributed by atoms with van der Waals surface area (Å²) in [6.07, 6.45) is 3.44. The van der Waals surface area contributed by atoms with Crippen LogP contribution < -0.4 is 5.32 Å². The largest absolute Gasteiger partial charge is 0.481 e. The molecule has 0 atom stereocenters. The Balaban J connectivity index is 1.71. The first-order chi connectivity index (χ1) is 9.15. The molecule has 2 rings (SSSR count). The number of carboxylic acids is 1. The molecule has 19 heavy (non-hydrogen) atoms. The molecule has 0 unspecified atom stereocenters. The molecule has 1 aliphatic rings. The van der Waals surface area contributed by atoms with Crippen molar-refractivity contribution < 1.29 is 14.7 Å². The van der Waals surface area contributed by atoms with Gasteiger partial charge in [-0.2, -0.15) is 0 Å². The number of hydrogen-bond donors (Lipinski definition) is 2. The number of aliphatic carboxylic acids is 1. The Morgan fingerprint density at radius 3 is 2.79 bits per heavy atom. The second-order valence-electron chi connectivity index (χ2n) is 4.61. The minimum atomic E-state index is -0.758. The van der Waals surface area contributed by atoms with Gasteiger partial charge in [0.05, 0.1) is 6.54 Å². The van der Waals surface area contributed by atoms with Gasteiger partial charge in [0, 0.05) is 31.1 Å². The topological polar surface area (TPSA) is 82.5 Å². The molecule has 7 heteroatoms. The average molecular weight is 283 g/mol. The Hall–Kier alpha value is -1.63. The number of rotatable bonds is 4. The van der Waals surface area contributed by atoms with Gasteiger partial charge in [0.1, 0.15) is 5.01 Å². The first-order valence-corrected chi connectivity index (χ1v) is 7.16. The number of hydrogen-bond acceptors (Lipinski definition) is 4.